The first kappa shape index (κ1) is 14.1. The molecule has 0 spiro atoms. The van der Waals surface area contributed by atoms with Gasteiger partial charge in [-0.05, 0) is 39.2 Å². The molecule has 1 amide bonds. The van der Waals surface area contributed by atoms with Crippen LogP contribution in [-0.2, 0) is 11.3 Å². The Labute approximate surface area is 115 Å². The van der Waals surface area contributed by atoms with E-state index >= 15 is 0 Å². The van der Waals surface area contributed by atoms with E-state index in [9.17, 15) is 4.79 Å². The normalized spacial score (nSPS) is 15.4. The van der Waals surface area contributed by atoms with Gasteiger partial charge in [0.05, 0.1) is 5.41 Å². The second-order valence-corrected chi connectivity index (χ2v) is 6.24. The van der Waals surface area contributed by atoms with Crippen molar-refractivity contribution in [2.75, 3.05) is 6.54 Å². The van der Waals surface area contributed by atoms with Gasteiger partial charge in [0.1, 0.15) is 0 Å². The summed E-state index contributed by atoms with van der Waals surface area (Å²) < 4.78 is 0. The minimum Gasteiger partial charge on any atom is -0.335 e. The van der Waals surface area contributed by atoms with E-state index in [0.717, 1.165) is 12.8 Å². The van der Waals surface area contributed by atoms with E-state index in [2.05, 4.69) is 25.1 Å². The van der Waals surface area contributed by atoms with Crippen molar-refractivity contribution in [3.63, 3.8) is 0 Å². The summed E-state index contributed by atoms with van der Waals surface area (Å²) in [5.41, 5.74) is 7.71. The van der Waals surface area contributed by atoms with Crippen LogP contribution in [0.4, 0.5) is 0 Å². The predicted molar refractivity (Wildman–Crippen MR) is 77.6 cm³/mol. The summed E-state index contributed by atoms with van der Waals surface area (Å²) in [5.74, 6) is 0.180. The molecule has 3 heteroatoms. The van der Waals surface area contributed by atoms with Crippen LogP contribution < -0.4 is 5.73 Å². The van der Waals surface area contributed by atoms with Crippen LogP contribution in [0.5, 0.6) is 0 Å². The maximum atomic E-state index is 12.6. The number of rotatable bonds is 5. The van der Waals surface area contributed by atoms with Crippen LogP contribution in [0.25, 0.3) is 0 Å². The monoisotopic (exact) mass is 260 g/mol. The van der Waals surface area contributed by atoms with E-state index in [1.54, 1.807) is 0 Å². The van der Waals surface area contributed by atoms with Crippen molar-refractivity contribution in [2.45, 2.75) is 46.2 Å². The second kappa shape index (κ2) is 5.33. The summed E-state index contributed by atoms with van der Waals surface area (Å²) in [7, 11) is 0. The Kier molecular flexibility index (Phi) is 3.95. The molecule has 2 rings (SSSR count). The number of hydrogen-bond donors (Lipinski definition) is 1. The lowest BCUT2D eigenvalue weighted by atomic mass is 9.91. The van der Waals surface area contributed by atoms with E-state index in [0.29, 0.717) is 19.1 Å². The Bertz CT molecular complexity index is 464. The lowest BCUT2D eigenvalue weighted by molar-refractivity contribution is -0.141. The zero-order valence-corrected chi connectivity index (χ0v) is 12.1. The van der Waals surface area contributed by atoms with Gasteiger partial charge in [-0.25, -0.2) is 0 Å². The molecular formula is C16H24N2O. The van der Waals surface area contributed by atoms with E-state index in [-0.39, 0.29) is 5.91 Å². The summed E-state index contributed by atoms with van der Waals surface area (Å²) >= 11 is 0. The van der Waals surface area contributed by atoms with Crippen LogP contribution in [0.1, 0.15) is 37.8 Å². The Morgan fingerprint density at radius 1 is 1.42 bits per heavy atom. The first-order valence-electron chi connectivity index (χ1n) is 7.01. The van der Waals surface area contributed by atoms with E-state index in [4.69, 9.17) is 5.73 Å². The number of carbonyl (C=O) groups excluding carboxylic acids is 1. The first-order chi connectivity index (χ1) is 8.94. The molecule has 19 heavy (non-hydrogen) atoms. The fraction of sp³-hybridized carbons (Fsp3) is 0.562. The van der Waals surface area contributed by atoms with Gasteiger partial charge in [-0.3, -0.25) is 4.79 Å². The van der Waals surface area contributed by atoms with Gasteiger partial charge >= 0.3 is 0 Å². The molecule has 0 aliphatic heterocycles. The average Bonchev–Trinajstić information content (AvgIpc) is 3.19. The molecule has 0 atom stereocenters. The van der Waals surface area contributed by atoms with Crippen LogP contribution in [-0.4, -0.2) is 23.4 Å². The van der Waals surface area contributed by atoms with Gasteiger partial charge in [-0.1, -0.05) is 29.8 Å². The highest BCUT2D eigenvalue weighted by Gasteiger charge is 2.38. The fourth-order valence-corrected chi connectivity index (χ4v) is 2.24. The Morgan fingerprint density at radius 2 is 2.11 bits per heavy atom. The third kappa shape index (κ3) is 3.35. The van der Waals surface area contributed by atoms with Crippen molar-refractivity contribution in [1.82, 2.24) is 4.90 Å². The molecular weight excluding hydrogens is 236 g/mol. The van der Waals surface area contributed by atoms with E-state index < -0.39 is 5.41 Å². The average molecular weight is 260 g/mol. The molecule has 1 aromatic carbocycles. The maximum absolute atomic E-state index is 12.6. The van der Waals surface area contributed by atoms with Crippen molar-refractivity contribution in [1.29, 1.82) is 0 Å². The highest BCUT2D eigenvalue weighted by Crippen LogP contribution is 2.32. The van der Waals surface area contributed by atoms with Crippen LogP contribution in [0.3, 0.4) is 0 Å². The number of nitrogens with zero attached hydrogens (tertiary/aromatic N) is 1. The number of aryl methyl sites for hydroxylation is 1. The largest absolute Gasteiger partial charge is 0.335 e. The topological polar surface area (TPSA) is 46.3 Å². The third-order valence-electron chi connectivity index (χ3n) is 3.77. The lowest BCUT2D eigenvalue weighted by Gasteiger charge is -2.31. The van der Waals surface area contributed by atoms with Gasteiger partial charge < -0.3 is 10.6 Å². The Morgan fingerprint density at radius 3 is 2.63 bits per heavy atom. The second-order valence-electron chi connectivity index (χ2n) is 6.24. The van der Waals surface area contributed by atoms with Crippen molar-refractivity contribution >= 4 is 5.91 Å². The van der Waals surface area contributed by atoms with Crippen LogP contribution in [0.15, 0.2) is 24.3 Å². The number of carbonyl (C=O) groups is 1. The molecule has 2 N–H and O–H groups in total. The SMILES string of the molecule is Cc1cccc(CN(C(=O)C(C)(C)CN)C2CC2)c1. The van der Waals surface area contributed by atoms with Gasteiger partial charge in [0.15, 0.2) is 0 Å². The molecule has 0 radical (unpaired) electrons. The molecule has 1 aliphatic rings. The highest BCUT2D eigenvalue weighted by molar-refractivity contribution is 5.82. The third-order valence-corrected chi connectivity index (χ3v) is 3.77. The molecule has 3 nitrogen and oxygen atoms in total. The van der Waals surface area contributed by atoms with Crippen molar-refractivity contribution in [3.05, 3.63) is 35.4 Å². The van der Waals surface area contributed by atoms with E-state index in [1.807, 2.05) is 24.8 Å². The molecule has 1 aliphatic carbocycles. The molecule has 104 valence electrons. The smallest absolute Gasteiger partial charge is 0.230 e. The molecule has 0 bridgehead atoms. The number of nitrogens with two attached hydrogens (primary N) is 1. The standard InChI is InChI=1S/C16H24N2O/c1-12-5-4-6-13(9-12)10-18(14-7-8-14)15(19)16(2,3)11-17/h4-6,9,14H,7-8,10-11,17H2,1-3H3. The zero-order chi connectivity index (χ0) is 14.0. The number of benzene rings is 1. The minimum atomic E-state index is -0.466. The predicted octanol–water partition coefficient (Wildman–Crippen LogP) is 2.47. The van der Waals surface area contributed by atoms with Crippen LogP contribution >= 0.6 is 0 Å². The number of hydrogen-bond acceptors (Lipinski definition) is 2. The zero-order valence-electron chi connectivity index (χ0n) is 12.1. The Balaban J connectivity index is 2.15. The van der Waals surface area contributed by atoms with Gasteiger partial charge in [-0.2, -0.15) is 0 Å². The summed E-state index contributed by atoms with van der Waals surface area (Å²) in [6.07, 6.45) is 2.25. The summed E-state index contributed by atoms with van der Waals surface area (Å²) in [6, 6.07) is 8.78. The Hall–Kier alpha value is -1.35. The summed E-state index contributed by atoms with van der Waals surface area (Å²) in [5, 5.41) is 0. The molecule has 0 saturated heterocycles. The van der Waals surface area contributed by atoms with Crippen LogP contribution in [0.2, 0.25) is 0 Å². The molecule has 1 aromatic rings. The van der Waals surface area contributed by atoms with Gasteiger partial charge in [0.25, 0.3) is 0 Å². The summed E-state index contributed by atoms with van der Waals surface area (Å²) in [6.45, 7) is 7.04. The fourth-order valence-electron chi connectivity index (χ4n) is 2.24. The quantitative estimate of drug-likeness (QED) is 0.884. The van der Waals surface area contributed by atoms with Crippen molar-refractivity contribution in [3.8, 4) is 0 Å². The molecule has 1 fully saturated rings. The molecule has 1 saturated carbocycles. The van der Waals surface area contributed by atoms with E-state index in [1.165, 1.54) is 11.1 Å². The molecule has 0 aromatic heterocycles. The van der Waals surface area contributed by atoms with Gasteiger partial charge in [0, 0.05) is 19.1 Å². The van der Waals surface area contributed by atoms with Crippen molar-refractivity contribution < 1.29 is 4.79 Å². The number of amides is 1. The van der Waals surface area contributed by atoms with Gasteiger partial charge in [0.2, 0.25) is 5.91 Å². The lowest BCUT2D eigenvalue weighted by Crippen LogP contribution is -2.45. The van der Waals surface area contributed by atoms with Gasteiger partial charge in [-0.15, -0.1) is 0 Å². The first-order valence-corrected chi connectivity index (χ1v) is 7.01. The summed E-state index contributed by atoms with van der Waals surface area (Å²) in [4.78, 5) is 14.6. The molecule has 0 heterocycles. The van der Waals surface area contributed by atoms with Crippen LogP contribution in [0, 0.1) is 12.3 Å². The maximum Gasteiger partial charge on any atom is 0.230 e. The highest BCUT2D eigenvalue weighted by atomic mass is 16.2. The minimum absolute atomic E-state index is 0.180. The molecule has 0 unspecified atom stereocenters. The van der Waals surface area contributed by atoms with Crippen molar-refractivity contribution in [2.24, 2.45) is 11.1 Å².